The summed E-state index contributed by atoms with van der Waals surface area (Å²) in [5, 5.41) is 11.8. The average Bonchev–Trinajstić information content (AvgIpc) is 3.42. The molecule has 0 aliphatic heterocycles. The third-order valence-electron chi connectivity index (χ3n) is 7.25. The van der Waals surface area contributed by atoms with Gasteiger partial charge in [-0.05, 0) is 75.3 Å². The Balaban J connectivity index is 1.25. The highest BCUT2D eigenvalue weighted by Crippen LogP contribution is 2.39. The molecular weight excluding hydrogens is 520 g/mol. The molecule has 0 atom stereocenters. The van der Waals surface area contributed by atoms with Crippen LogP contribution in [0.5, 0.6) is 0 Å². The van der Waals surface area contributed by atoms with Crippen molar-refractivity contribution in [2.45, 2.75) is 0 Å². The number of aromatic nitrogens is 2. The van der Waals surface area contributed by atoms with Gasteiger partial charge in [0.1, 0.15) is 6.07 Å². The third kappa shape index (κ3) is 4.61. The summed E-state index contributed by atoms with van der Waals surface area (Å²) in [6.07, 6.45) is 6.77. The van der Waals surface area contributed by atoms with E-state index in [2.05, 4.69) is 93.7 Å². The molecule has 190 valence electrons. The summed E-state index contributed by atoms with van der Waals surface area (Å²) in [7, 11) is 0. The Bertz CT molecular complexity index is 2040. The Morgan fingerprint density at radius 2 is 1.07 bits per heavy atom. The van der Waals surface area contributed by atoms with Crippen LogP contribution in [0, 0.1) is 17.9 Å². The minimum Gasteiger partial charge on any atom is -0.276 e. The maximum Gasteiger partial charge on any atom is 0.205 e. The smallest absolute Gasteiger partial charge is 0.205 e. The number of thiophene rings is 1. The number of pyridine rings is 2. The number of benzene rings is 4. The quantitative estimate of drug-likeness (QED) is 0.209. The van der Waals surface area contributed by atoms with Crippen molar-refractivity contribution in [2.75, 3.05) is 0 Å². The van der Waals surface area contributed by atoms with E-state index < -0.39 is 0 Å². The fraction of sp³-hybridized carbons (Fsp3) is 0. The molecule has 0 fully saturated rings. The number of rotatable bonds is 4. The van der Waals surface area contributed by atoms with Crippen molar-refractivity contribution in [3.05, 3.63) is 139 Å². The number of fused-ring (bicyclic) bond motifs is 3. The van der Waals surface area contributed by atoms with Gasteiger partial charge in [-0.3, -0.25) is 9.97 Å². The lowest BCUT2D eigenvalue weighted by atomic mass is 9.98. The van der Waals surface area contributed by atoms with E-state index >= 15 is 0 Å². The molecule has 3 heterocycles. The van der Waals surface area contributed by atoms with Crippen LogP contribution in [0.25, 0.3) is 69.5 Å². The number of nitrogens with zero attached hydrogens (tertiary/aromatic N) is 4. The average molecular weight is 541 g/mol. The molecule has 0 aliphatic carbocycles. The van der Waals surface area contributed by atoms with Gasteiger partial charge in [-0.25, -0.2) is 4.85 Å². The van der Waals surface area contributed by atoms with Crippen LogP contribution in [0.15, 0.2) is 122 Å². The summed E-state index contributed by atoms with van der Waals surface area (Å²) in [6, 6.07) is 36.0. The highest BCUT2D eigenvalue weighted by Gasteiger charge is 2.10. The highest BCUT2D eigenvalue weighted by atomic mass is 32.1. The fourth-order valence-corrected chi connectivity index (χ4v) is 6.38. The number of hydrogen-bond donors (Lipinski definition) is 0. The summed E-state index contributed by atoms with van der Waals surface area (Å²) < 4.78 is 2.48. The van der Waals surface area contributed by atoms with Gasteiger partial charge in [-0.15, -0.1) is 11.3 Å². The fourth-order valence-electron chi connectivity index (χ4n) is 5.20. The summed E-state index contributed by atoms with van der Waals surface area (Å²) in [5.74, 6) is 0. The molecule has 0 spiro atoms. The lowest BCUT2D eigenvalue weighted by Gasteiger charge is -2.07. The second-order valence-electron chi connectivity index (χ2n) is 9.80. The molecule has 7 aromatic rings. The molecule has 41 heavy (non-hydrogen) atoms. The Morgan fingerprint density at radius 3 is 1.63 bits per heavy atom. The number of hydrogen-bond acceptors (Lipinski definition) is 4. The van der Waals surface area contributed by atoms with E-state index in [4.69, 9.17) is 6.57 Å². The minimum atomic E-state index is 0.538. The van der Waals surface area contributed by atoms with Crippen molar-refractivity contribution in [2.24, 2.45) is 0 Å². The molecular formula is C36H20N4S. The van der Waals surface area contributed by atoms with Gasteiger partial charge >= 0.3 is 0 Å². The summed E-state index contributed by atoms with van der Waals surface area (Å²) >= 11 is 1.80. The first-order valence-electron chi connectivity index (χ1n) is 13.0. The minimum absolute atomic E-state index is 0.538. The van der Waals surface area contributed by atoms with E-state index in [0.717, 1.165) is 44.5 Å². The molecule has 0 saturated carbocycles. The van der Waals surface area contributed by atoms with E-state index in [1.54, 1.807) is 36.1 Å². The van der Waals surface area contributed by atoms with Crippen LogP contribution in [0.1, 0.15) is 5.56 Å². The second-order valence-corrected chi connectivity index (χ2v) is 10.9. The van der Waals surface area contributed by atoms with Gasteiger partial charge in [0.2, 0.25) is 5.69 Å². The SMILES string of the molecule is [C-]#[N+]c1cncc(-c2cccc(-c3ccc4c(c3)sc3cc(-c5cccc(-c6cncc(C#N)c6)c5)ccc34)c2)c1. The lowest BCUT2D eigenvalue weighted by molar-refractivity contribution is 1.30. The first-order valence-corrected chi connectivity index (χ1v) is 13.9. The first kappa shape index (κ1) is 24.4. The molecule has 4 aromatic carbocycles. The Hall–Kier alpha value is -5.62. The van der Waals surface area contributed by atoms with E-state index in [1.807, 2.05) is 24.3 Å². The molecule has 5 heteroatoms. The summed E-state index contributed by atoms with van der Waals surface area (Å²) in [6.45, 7) is 7.30. The molecule has 0 amide bonds. The van der Waals surface area contributed by atoms with Crippen molar-refractivity contribution in [1.29, 1.82) is 5.26 Å². The van der Waals surface area contributed by atoms with Crippen LogP contribution in [-0.2, 0) is 0 Å². The Labute approximate surface area is 241 Å². The summed E-state index contributed by atoms with van der Waals surface area (Å²) in [5.41, 5.74) is 9.59. The second kappa shape index (κ2) is 10.2. The van der Waals surface area contributed by atoms with Crippen LogP contribution >= 0.6 is 11.3 Å². The van der Waals surface area contributed by atoms with Gasteiger partial charge in [-0.1, -0.05) is 60.7 Å². The van der Waals surface area contributed by atoms with E-state index in [0.29, 0.717) is 11.3 Å². The zero-order valence-corrected chi connectivity index (χ0v) is 22.6. The molecule has 0 aliphatic rings. The van der Waals surface area contributed by atoms with Crippen molar-refractivity contribution < 1.29 is 0 Å². The highest BCUT2D eigenvalue weighted by molar-refractivity contribution is 7.25. The molecule has 4 nitrogen and oxygen atoms in total. The van der Waals surface area contributed by atoms with Crippen LogP contribution in [0.2, 0.25) is 0 Å². The first-order chi connectivity index (χ1) is 20.2. The zero-order chi connectivity index (χ0) is 27.8. The van der Waals surface area contributed by atoms with Gasteiger partial charge in [0.05, 0.1) is 12.1 Å². The topological polar surface area (TPSA) is 53.9 Å². The Morgan fingerprint density at radius 1 is 0.561 bits per heavy atom. The molecule has 0 unspecified atom stereocenters. The molecule has 0 bridgehead atoms. The van der Waals surface area contributed by atoms with E-state index in [1.165, 1.54) is 20.2 Å². The predicted octanol–water partition coefficient (Wildman–Crippen LogP) is 9.93. The maximum absolute atomic E-state index is 9.26. The van der Waals surface area contributed by atoms with Crippen molar-refractivity contribution in [1.82, 2.24) is 9.97 Å². The van der Waals surface area contributed by atoms with Gasteiger partial charge in [0.15, 0.2) is 0 Å². The van der Waals surface area contributed by atoms with Crippen molar-refractivity contribution >= 4 is 37.2 Å². The van der Waals surface area contributed by atoms with Gasteiger partial charge in [-0.2, -0.15) is 5.26 Å². The van der Waals surface area contributed by atoms with Gasteiger partial charge < -0.3 is 0 Å². The van der Waals surface area contributed by atoms with Crippen LogP contribution < -0.4 is 0 Å². The predicted molar refractivity (Wildman–Crippen MR) is 168 cm³/mol. The molecule has 0 saturated heterocycles. The normalized spacial score (nSPS) is 10.9. The monoisotopic (exact) mass is 540 g/mol. The lowest BCUT2D eigenvalue weighted by Crippen LogP contribution is -1.84. The van der Waals surface area contributed by atoms with Crippen LogP contribution in [0.3, 0.4) is 0 Å². The molecule has 3 aromatic heterocycles. The molecule has 0 N–H and O–H groups in total. The van der Waals surface area contributed by atoms with Crippen molar-refractivity contribution in [3.63, 3.8) is 0 Å². The zero-order valence-electron chi connectivity index (χ0n) is 21.7. The third-order valence-corrected chi connectivity index (χ3v) is 8.37. The van der Waals surface area contributed by atoms with Gasteiger partial charge in [0, 0.05) is 50.5 Å². The van der Waals surface area contributed by atoms with E-state index in [9.17, 15) is 5.26 Å². The molecule has 0 radical (unpaired) electrons. The standard InChI is InChI=1S/C36H20N4S/c1-38-32-15-31(21-40-22-32)27-7-3-5-25(14-27)29-9-11-34-33-10-8-28(16-35(33)41-36(34)17-29)24-4-2-6-26(13-24)30-12-23(18-37)19-39-20-30/h2-17,19-22H. The largest absolute Gasteiger partial charge is 0.276 e. The molecule has 7 rings (SSSR count). The Kier molecular flexibility index (Phi) is 6.06. The maximum atomic E-state index is 9.26. The van der Waals surface area contributed by atoms with Crippen LogP contribution in [-0.4, -0.2) is 9.97 Å². The van der Waals surface area contributed by atoms with E-state index in [-0.39, 0.29) is 0 Å². The van der Waals surface area contributed by atoms with Crippen molar-refractivity contribution in [3.8, 4) is 50.6 Å². The number of nitriles is 1. The van der Waals surface area contributed by atoms with Crippen LogP contribution in [0.4, 0.5) is 5.69 Å². The van der Waals surface area contributed by atoms with Gasteiger partial charge in [0.25, 0.3) is 0 Å². The summed E-state index contributed by atoms with van der Waals surface area (Å²) in [4.78, 5) is 12.0.